The molecule has 5 aliphatic rings. The van der Waals surface area contributed by atoms with Crippen LogP contribution in [0.3, 0.4) is 0 Å². The topological polar surface area (TPSA) is 527 Å². The van der Waals surface area contributed by atoms with E-state index in [1.807, 2.05) is 48.5 Å². The van der Waals surface area contributed by atoms with Gasteiger partial charge in [-0.15, -0.1) is 0 Å². The molecule has 0 spiro atoms. The number of fused-ring (bicyclic) bond motifs is 6. The molecular formula is C90H137N7O31. The molecule has 38 heteroatoms. The highest BCUT2D eigenvalue weighted by Crippen LogP contribution is 2.46. The van der Waals surface area contributed by atoms with E-state index in [0.29, 0.717) is 112 Å². The van der Waals surface area contributed by atoms with Crippen LogP contribution in [0, 0.1) is 17.8 Å². The molecule has 5 amide bonds. The number of Topliss-reactive ketones (excluding diaryl/α,β-unsaturated/α-hetero) is 3. The van der Waals surface area contributed by atoms with E-state index in [-0.39, 0.29) is 131 Å². The molecule has 4 aromatic carbocycles. The number of ether oxygens (including phenoxy) is 17. The molecule has 38 nitrogen and oxygen atoms in total. The lowest BCUT2D eigenvalue weighted by molar-refractivity contribution is -0.282. The Morgan fingerprint density at radius 3 is 0.969 bits per heavy atom. The monoisotopic (exact) mass is 1810 g/mol. The van der Waals surface area contributed by atoms with E-state index in [0.717, 1.165) is 22.3 Å². The smallest absolute Gasteiger partial charge is 0.407 e. The second-order valence-electron chi connectivity index (χ2n) is 31.3. The minimum atomic E-state index is -1.15. The van der Waals surface area contributed by atoms with Crippen LogP contribution in [-0.4, -0.2) is 349 Å². The van der Waals surface area contributed by atoms with Crippen LogP contribution in [0.5, 0.6) is 0 Å². The minimum absolute atomic E-state index is 0.0240. The van der Waals surface area contributed by atoms with Crippen LogP contribution in [0.2, 0.25) is 0 Å². The largest absolute Gasteiger partial charge is 0.449 e. The lowest BCUT2D eigenvalue weighted by Gasteiger charge is -2.40. The molecule has 3 aliphatic heterocycles. The summed E-state index contributed by atoms with van der Waals surface area (Å²) in [5.74, 6) is -2.23. The van der Waals surface area contributed by atoms with Crippen LogP contribution in [0.25, 0.3) is 22.3 Å². The molecule has 3 heterocycles. The van der Waals surface area contributed by atoms with Crippen molar-refractivity contribution in [3.63, 3.8) is 0 Å². The maximum absolute atomic E-state index is 12.5. The van der Waals surface area contributed by atoms with Gasteiger partial charge >= 0.3 is 12.2 Å². The average molecular weight is 1810 g/mol. The van der Waals surface area contributed by atoms with Gasteiger partial charge in [-0.2, -0.15) is 0 Å². The van der Waals surface area contributed by atoms with Gasteiger partial charge in [-0.3, -0.25) is 28.8 Å². The number of carbonyl (C=O) groups excluding carboxylic acids is 8. The number of alkyl carbamates (subject to hydrolysis) is 2. The SMILES string of the molecule is CC(=O)[C@H](C)NC(=O)OCC1c2ccccc2-c2ccccc21.CO[C@@H]1OC(COCC(=O)NCCOCCOCCCC(=O)C(C)N)[C@@H](C)[C@H](O)C1O.CO[C@@H]1OC(COCC(=O)NCCOCCOCCCC(=O)C(C)NC(=O)OCC2c3ccccc3-c3ccccc32)[C@@H](C)[C@H](O)C1O.CO[C@@H]1OC(COCC(=O)NCCOCCOCCN)[C@@H](C)[C@H](O)C1O. The number of ketones is 3. The molecule has 4 aromatic rings. The zero-order valence-corrected chi connectivity index (χ0v) is 75.1. The van der Waals surface area contributed by atoms with Gasteiger partial charge in [0.25, 0.3) is 0 Å². The predicted octanol–water partition coefficient (Wildman–Crippen LogP) is 2.08. The summed E-state index contributed by atoms with van der Waals surface area (Å²) in [4.78, 5) is 94.9. The van der Waals surface area contributed by atoms with Crippen molar-refractivity contribution < 1.29 is 150 Å². The third-order valence-corrected chi connectivity index (χ3v) is 21.9. The number of amides is 5. The molecule has 718 valence electrons. The van der Waals surface area contributed by atoms with Gasteiger partial charge in [0.2, 0.25) is 17.7 Å². The molecule has 0 bridgehead atoms. The van der Waals surface area contributed by atoms with E-state index in [2.05, 4.69) is 75.1 Å². The summed E-state index contributed by atoms with van der Waals surface area (Å²) in [6, 6.07) is 30.9. The summed E-state index contributed by atoms with van der Waals surface area (Å²) in [6.45, 7) is 18.0. The molecule has 0 radical (unpaired) electrons. The van der Waals surface area contributed by atoms with Gasteiger partial charge in [0.05, 0.1) is 141 Å². The lowest BCUT2D eigenvalue weighted by atomic mass is 9.91. The van der Waals surface area contributed by atoms with Crippen molar-refractivity contribution in [1.29, 1.82) is 0 Å². The third-order valence-electron chi connectivity index (χ3n) is 21.9. The van der Waals surface area contributed by atoms with Crippen LogP contribution >= 0.6 is 0 Å². The highest BCUT2D eigenvalue weighted by atomic mass is 16.7. The lowest BCUT2D eigenvalue weighted by Crippen LogP contribution is -2.55. The summed E-state index contributed by atoms with van der Waals surface area (Å²) in [5.41, 5.74) is 20.0. The first kappa shape index (κ1) is 109. The van der Waals surface area contributed by atoms with Gasteiger partial charge in [-0.05, 0) is 85.0 Å². The van der Waals surface area contributed by atoms with Crippen LogP contribution in [0.1, 0.15) is 108 Å². The zero-order chi connectivity index (χ0) is 93.5. The van der Waals surface area contributed by atoms with Gasteiger partial charge < -0.3 is 149 Å². The average Bonchev–Trinajstić information content (AvgIpc) is 1.62. The second kappa shape index (κ2) is 60.1. The molecule has 9 rings (SSSR count). The molecule has 15 N–H and O–H groups in total. The number of rotatable bonds is 52. The van der Waals surface area contributed by atoms with Crippen molar-refractivity contribution in [2.75, 3.05) is 180 Å². The molecule has 2 aliphatic carbocycles. The molecule has 18 atom stereocenters. The van der Waals surface area contributed by atoms with Crippen LogP contribution in [-0.2, 0) is 109 Å². The fourth-order valence-corrected chi connectivity index (χ4v) is 14.1. The fraction of sp³-hybridized carbons (Fsp3) is 0.644. The Hall–Kier alpha value is -8.08. The number of carbonyl (C=O) groups is 8. The number of hydrogen-bond acceptors (Lipinski definition) is 33. The van der Waals surface area contributed by atoms with E-state index in [1.165, 1.54) is 50.5 Å². The standard InChI is InChI=1S/C35H48N2O11.C20H38N2O9.C19H19NO3.C16H32N2O8/c1-22-30(48-34(43-3)33(41)32(22)40)20-46-21-31(39)36-14-16-45-18-17-44-15-8-13-29(38)23(2)37-35(42)47-19-28-26-11-6-4-9-24(26)25-10-5-7-12-27(25)28;1-13-16(31-20(27-3)19(26)18(13)25)11-30-12-17(24)22-6-8-29-10-9-28-7-4-5-15(23)14(2)21;1-12(13(2)21)20-19(22)23-11-18-16-9-5-3-7-14(16)15-8-4-6-10-17(15)18;1-11-12(26-16(22-2)15(21)14(11)20)9-25-10-13(19)18-4-6-24-8-7-23-5-3-17/h4-7,9-12,22-23,28,30,32-34,40-41H,8,13-21H2,1-3H3,(H,36,39)(H,37,42);13-14,16,18-20,25-26H,4-12,21H2,1-3H3,(H,22,24);3-10,12,18H,11H2,1-2H3,(H,20,22);11-12,14-16,20-21H,3-10,17H2,1-2H3,(H,18,19)/t22-,23?,30?,32+,33?,34-;13-,14?,16?,18+,19?,20-;12-;11-,12?,14+,15?,16-/m1101/s1. The maximum Gasteiger partial charge on any atom is 0.407 e. The summed E-state index contributed by atoms with van der Waals surface area (Å²) in [5, 5.41) is 72.9. The highest BCUT2D eigenvalue weighted by molar-refractivity contribution is 5.88. The molecule has 3 fully saturated rings. The van der Waals surface area contributed by atoms with Crippen molar-refractivity contribution in [3.05, 3.63) is 119 Å². The number of aliphatic hydroxyl groups excluding tert-OH is 6. The number of hydrogen-bond donors (Lipinski definition) is 13. The number of nitrogens with two attached hydrogens (primary N) is 2. The van der Waals surface area contributed by atoms with E-state index >= 15 is 0 Å². The van der Waals surface area contributed by atoms with Crippen LogP contribution in [0.15, 0.2) is 97.1 Å². The molecule has 3 saturated heterocycles. The fourth-order valence-electron chi connectivity index (χ4n) is 14.1. The Kier molecular flexibility index (Phi) is 51.0. The Bertz CT molecular complexity index is 3830. The molecule has 0 saturated carbocycles. The van der Waals surface area contributed by atoms with Crippen LogP contribution < -0.4 is 38.1 Å². The Balaban J connectivity index is 0.000000276. The van der Waals surface area contributed by atoms with Crippen molar-refractivity contribution in [3.8, 4) is 22.3 Å². The van der Waals surface area contributed by atoms with E-state index in [4.69, 9.17) is 92.0 Å². The number of methoxy groups -OCH3 is 3. The predicted molar refractivity (Wildman–Crippen MR) is 464 cm³/mol. The van der Waals surface area contributed by atoms with Crippen molar-refractivity contribution >= 4 is 47.3 Å². The summed E-state index contributed by atoms with van der Waals surface area (Å²) >= 11 is 0. The molecule has 0 aromatic heterocycles. The zero-order valence-electron chi connectivity index (χ0n) is 75.1. The highest BCUT2D eigenvalue weighted by Gasteiger charge is 2.45. The Morgan fingerprint density at radius 1 is 0.383 bits per heavy atom. The van der Waals surface area contributed by atoms with Gasteiger partial charge in [-0.25, -0.2) is 9.59 Å². The summed E-state index contributed by atoms with van der Waals surface area (Å²) in [7, 11) is 4.13. The van der Waals surface area contributed by atoms with Crippen molar-refractivity contribution in [1.82, 2.24) is 26.6 Å². The first-order valence-corrected chi connectivity index (χ1v) is 43.4. The molecular weight excluding hydrogens is 1680 g/mol. The second-order valence-corrected chi connectivity index (χ2v) is 31.3. The van der Waals surface area contributed by atoms with Crippen molar-refractivity contribution in [2.45, 2.75) is 178 Å². The maximum atomic E-state index is 12.5. The summed E-state index contributed by atoms with van der Waals surface area (Å²) < 4.78 is 90.9. The summed E-state index contributed by atoms with van der Waals surface area (Å²) in [6.07, 6.45) is -10.1. The van der Waals surface area contributed by atoms with Gasteiger partial charge in [0.1, 0.15) is 57.1 Å². The van der Waals surface area contributed by atoms with E-state index in [1.54, 1.807) is 41.5 Å². The normalized spacial score (nSPS) is 23.3. The third kappa shape index (κ3) is 36.6. The van der Waals surface area contributed by atoms with Gasteiger partial charge in [-0.1, -0.05) is 118 Å². The van der Waals surface area contributed by atoms with Gasteiger partial charge in [0.15, 0.2) is 30.4 Å². The Labute approximate surface area is 748 Å². The number of aliphatic hydroxyl groups is 6. The first-order valence-electron chi connectivity index (χ1n) is 43.4. The molecule has 8 unspecified atom stereocenters. The Morgan fingerprint density at radius 2 is 0.672 bits per heavy atom. The van der Waals surface area contributed by atoms with E-state index in [9.17, 15) is 69.0 Å². The molecule has 128 heavy (non-hydrogen) atoms. The van der Waals surface area contributed by atoms with Crippen molar-refractivity contribution in [2.24, 2.45) is 29.2 Å². The number of benzene rings is 4. The van der Waals surface area contributed by atoms with E-state index < -0.39 is 110 Å². The van der Waals surface area contributed by atoms with Gasteiger partial charge in [0, 0.05) is 103 Å². The minimum Gasteiger partial charge on any atom is -0.449 e. The van der Waals surface area contributed by atoms with Crippen LogP contribution in [0.4, 0.5) is 9.59 Å². The quantitative estimate of drug-likeness (QED) is 0.0281. The number of nitrogens with one attached hydrogen (secondary N) is 5. The first-order chi connectivity index (χ1) is 61.6.